The van der Waals surface area contributed by atoms with Crippen LogP contribution in [-0.2, 0) is 10.8 Å². The first-order valence-electron chi connectivity index (χ1n) is 19.9. The molecular weight excluding hydrogens is 713 g/mol. The van der Waals surface area contributed by atoms with Crippen LogP contribution in [-0.4, -0.2) is 0 Å². The van der Waals surface area contributed by atoms with Crippen molar-refractivity contribution in [3.8, 4) is 43.8 Å². The van der Waals surface area contributed by atoms with E-state index < -0.39 is 0 Å². The standard InChI is InChI=1S/C54H36O2S/c1-53(2)42-21-31(13-17-36(42)38-26-48-40(24-44(38)53)51-34-11-7-5-9-29(34)15-19-46(51)55-48)33-23-50(57-28-33)32-14-18-37-39-27-49-41(25-45(39)54(3,4)43(37)22-32)52-35-12-8-6-10-30(35)16-20-47(52)56-49/h5-28H,1-4H3. The molecule has 8 aromatic carbocycles. The Hall–Kier alpha value is -6.42. The summed E-state index contributed by atoms with van der Waals surface area (Å²) in [5.74, 6) is 0. The van der Waals surface area contributed by atoms with E-state index in [2.05, 4.69) is 173 Å². The summed E-state index contributed by atoms with van der Waals surface area (Å²) in [4.78, 5) is 1.29. The molecule has 0 fully saturated rings. The van der Waals surface area contributed by atoms with Gasteiger partial charge in [-0.15, -0.1) is 11.3 Å². The van der Waals surface area contributed by atoms with Crippen LogP contribution in [0.2, 0.25) is 0 Å². The summed E-state index contributed by atoms with van der Waals surface area (Å²) < 4.78 is 13.0. The quantitative estimate of drug-likeness (QED) is 0.176. The van der Waals surface area contributed by atoms with Gasteiger partial charge in [-0.25, -0.2) is 0 Å². The van der Waals surface area contributed by atoms with E-state index in [1.165, 1.54) is 109 Å². The maximum atomic E-state index is 6.51. The Bertz CT molecular complexity index is 3350. The molecule has 3 heterocycles. The molecule has 0 aliphatic heterocycles. The molecule has 2 aliphatic carbocycles. The zero-order chi connectivity index (χ0) is 37.9. The van der Waals surface area contributed by atoms with Crippen LogP contribution in [0.3, 0.4) is 0 Å². The number of benzene rings is 8. The Labute approximate surface area is 333 Å². The van der Waals surface area contributed by atoms with E-state index in [-0.39, 0.29) is 10.8 Å². The van der Waals surface area contributed by atoms with Crippen molar-refractivity contribution >= 4 is 76.8 Å². The number of fused-ring (bicyclic) bond motifs is 16. The highest BCUT2D eigenvalue weighted by Crippen LogP contribution is 2.54. The molecule has 11 aromatic rings. The lowest BCUT2D eigenvalue weighted by Gasteiger charge is -2.22. The SMILES string of the molecule is CC1(C)c2cc(-c3csc(-c4ccc5c(c4)C(C)(C)c4cc6c(cc4-5)oc4ccc5ccccc5c46)c3)ccc2-c2cc3oc4ccc5ccccc5c4c3cc21. The molecule has 0 spiro atoms. The van der Waals surface area contributed by atoms with Crippen molar-refractivity contribution in [3.05, 3.63) is 167 Å². The van der Waals surface area contributed by atoms with E-state index in [4.69, 9.17) is 8.83 Å². The third kappa shape index (κ3) is 4.14. The number of rotatable bonds is 2. The summed E-state index contributed by atoms with van der Waals surface area (Å²) in [5, 5.41) is 12.1. The lowest BCUT2D eigenvalue weighted by molar-refractivity contribution is 0.657. The first-order valence-corrected chi connectivity index (χ1v) is 20.8. The molecule has 3 aromatic heterocycles. The molecule has 0 N–H and O–H groups in total. The van der Waals surface area contributed by atoms with Crippen LogP contribution in [0.5, 0.6) is 0 Å². The van der Waals surface area contributed by atoms with Crippen molar-refractivity contribution in [2.24, 2.45) is 0 Å². The Morgan fingerprint density at radius 1 is 0.386 bits per heavy atom. The molecular formula is C54H36O2S. The minimum absolute atomic E-state index is 0.149. The fraction of sp³-hybridized carbons (Fsp3) is 0.111. The van der Waals surface area contributed by atoms with Crippen LogP contribution >= 0.6 is 11.3 Å². The minimum Gasteiger partial charge on any atom is -0.456 e. The van der Waals surface area contributed by atoms with Crippen LogP contribution in [0, 0.1) is 0 Å². The molecule has 57 heavy (non-hydrogen) atoms. The molecule has 0 saturated heterocycles. The molecule has 0 unspecified atom stereocenters. The second-order valence-electron chi connectivity index (χ2n) is 17.3. The van der Waals surface area contributed by atoms with Crippen LogP contribution in [0.4, 0.5) is 0 Å². The molecule has 2 nitrogen and oxygen atoms in total. The summed E-state index contributed by atoms with van der Waals surface area (Å²) in [7, 11) is 0. The summed E-state index contributed by atoms with van der Waals surface area (Å²) >= 11 is 1.83. The van der Waals surface area contributed by atoms with Crippen LogP contribution in [0.25, 0.3) is 109 Å². The van der Waals surface area contributed by atoms with Gasteiger partial charge in [-0.05, 0) is 143 Å². The van der Waals surface area contributed by atoms with E-state index >= 15 is 0 Å². The highest BCUT2D eigenvalue weighted by atomic mass is 32.1. The number of hydrogen-bond acceptors (Lipinski definition) is 3. The molecule has 0 bridgehead atoms. The first kappa shape index (κ1) is 31.7. The summed E-state index contributed by atoms with van der Waals surface area (Å²) in [6.45, 7) is 9.50. The van der Waals surface area contributed by atoms with Crippen molar-refractivity contribution in [1.29, 1.82) is 0 Å². The number of thiophene rings is 1. The second-order valence-corrected chi connectivity index (χ2v) is 18.2. The smallest absolute Gasteiger partial charge is 0.136 e. The largest absolute Gasteiger partial charge is 0.456 e. The van der Waals surface area contributed by atoms with Crippen molar-refractivity contribution in [2.45, 2.75) is 38.5 Å². The Balaban J connectivity index is 0.869. The molecule has 13 rings (SSSR count). The monoisotopic (exact) mass is 748 g/mol. The van der Waals surface area contributed by atoms with E-state index in [1.54, 1.807) is 0 Å². The van der Waals surface area contributed by atoms with Crippen molar-refractivity contribution in [3.63, 3.8) is 0 Å². The van der Waals surface area contributed by atoms with Crippen molar-refractivity contribution < 1.29 is 8.83 Å². The molecule has 3 heteroatoms. The predicted molar refractivity (Wildman–Crippen MR) is 240 cm³/mol. The molecule has 0 radical (unpaired) electrons. The number of hydrogen-bond donors (Lipinski definition) is 0. The van der Waals surface area contributed by atoms with Crippen LogP contribution in [0.15, 0.2) is 154 Å². The minimum atomic E-state index is -0.150. The van der Waals surface area contributed by atoms with Gasteiger partial charge in [-0.1, -0.05) is 113 Å². The van der Waals surface area contributed by atoms with Gasteiger partial charge in [0.05, 0.1) is 0 Å². The number of furan rings is 2. The van der Waals surface area contributed by atoms with Crippen LogP contribution < -0.4 is 0 Å². The molecule has 0 amide bonds. The van der Waals surface area contributed by atoms with Gasteiger partial charge in [0.1, 0.15) is 22.3 Å². The summed E-state index contributed by atoms with van der Waals surface area (Å²) in [6, 6.07) is 51.7. The van der Waals surface area contributed by atoms with Crippen LogP contribution in [0.1, 0.15) is 49.9 Å². The van der Waals surface area contributed by atoms with Gasteiger partial charge in [0.15, 0.2) is 0 Å². The lowest BCUT2D eigenvalue weighted by Crippen LogP contribution is -2.15. The predicted octanol–water partition coefficient (Wildman–Crippen LogP) is 15.8. The highest BCUT2D eigenvalue weighted by Gasteiger charge is 2.38. The fourth-order valence-corrected chi connectivity index (χ4v) is 11.4. The van der Waals surface area contributed by atoms with E-state index in [9.17, 15) is 0 Å². The van der Waals surface area contributed by atoms with Crippen molar-refractivity contribution in [1.82, 2.24) is 0 Å². The first-order chi connectivity index (χ1) is 27.7. The van der Waals surface area contributed by atoms with E-state index in [0.717, 1.165) is 22.3 Å². The Kier molecular flexibility index (Phi) is 5.96. The summed E-state index contributed by atoms with van der Waals surface area (Å²) in [5.41, 5.74) is 17.9. The lowest BCUT2D eigenvalue weighted by atomic mass is 9.81. The molecule has 2 aliphatic rings. The van der Waals surface area contributed by atoms with E-state index in [1.807, 2.05) is 11.3 Å². The third-order valence-electron chi connectivity index (χ3n) is 13.5. The maximum Gasteiger partial charge on any atom is 0.136 e. The summed E-state index contributed by atoms with van der Waals surface area (Å²) in [6.07, 6.45) is 0. The zero-order valence-corrected chi connectivity index (χ0v) is 32.9. The molecule has 0 atom stereocenters. The molecule has 270 valence electrons. The van der Waals surface area contributed by atoms with Crippen molar-refractivity contribution in [2.75, 3.05) is 0 Å². The second kappa shape index (κ2) is 10.7. The zero-order valence-electron chi connectivity index (χ0n) is 32.1. The normalized spacial score (nSPS) is 14.9. The maximum absolute atomic E-state index is 6.51. The topological polar surface area (TPSA) is 26.3 Å². The average Bonchev–Trinajstić information content (AvgIpc) is 4.04. The average molecular weight is 749 g/mol. The molecule has 0 saturated carbocycles. The third-order valence-corrected chi connectivity index (χ3v) is 14.5. The van der Waals surface area contributed by atoms with Gasteiger partial charge in [-0.2, -0.15) is 0 Å². The van der Waals surface area contributed by atoms with Gasteiger partial charge in [0.2, 0.25) is 0 Å². The van der Waals surface area contributed by atoms with Gasteiger partial charge in [0.25, 0.3) is 0 Å². The Morgan fingerprint density at radius 3 is 1.44 bits per heavy atom. The Morgan fingerprint density at radius 2 is 0.877 bits per heavy atom. The van der Waals surface area contributed by atoms with E-state index in [0.29, 0.717) is 0 Å². The van der Waals surface area contributed by atoms with Gasteiger partial charge in [-0.3, -0.25) is 0 Å². The highest BCUT2D eigenvalue weighted by molar-refractivity contribution is 7.14. The fourth-order valence-electron chi connectivity index (χ4n) is 10.5. The van der Waals surface area contributed by atoms with Gasteiger partial charge < -0.3 is 8.83 Å². The van der Waals surface area contributed by atoms with Gasteiger partial charge >= 0.3 is 0 Å². The van der Waals surface area contributed by atoms with Gasteiger partial charge in [0, 0.05) is 37.3 Å².